The number of fused-ring (bicyclic) bond motifs is 1. The zero-order chi connectivity index (χ0) is 13.2. The van der Waals surface area contributed by atoms with Gasteiger partial charge in [-0.2, -0.15) is 5.26 Å². The summed E-state index contributed by atoms with van der Waals surface area (Å²) in [4.78, 5) is 2.30. The second-order valence-electron chi connectivity index (χ2n) is 5.69. The minimum atomic E-state index is -0.391. The minimum absolute atomic E-state index is 0.216. The van der Waals surface area contributed by atoms with Crippen molar-refractivity contribution < 1.29 is 4.39 Å². The Hall–Kier alpha value is -1.56. The first-order valence-electron chi connectivity index (χ1n) is 7.26. The first-order chi connectivity index (χ1) is 9.31. The predicted octanol–water partition coefficient (Wildman–Crippen LogP) is 3.86. The molecule has 2 fully saturated rings. The zero-order valence-electron chi connectivity index (χ0n) is 11.1. The molecule has 0 amide bonds. The van der Waals surface area contributed by atoms with Gasteiger partial charge in [0.1, 0.15) is 17.4 Å². The number of rotatable bonds is 1. The first-order valence-corrected chi connectivity index (χ1v) is 7.26. The third kappa shape index (κ3) is 2.20. The lowest BCUT2D eigenvalue weighted by Gasteiger charge is -2.45. The van der Waals surface area contributed by atoms with E-state index in [1.165, 1.54) is 38.2 Å². The van der Waals surface area contributed by atoms with Gasteiger partial charge in [0.05, 0.1) is 5.69 Å². The summed E-state index contributed by atoms with van der Waals surface area (Å²) in [6, 6.07) is 7.55. The summed E-state index contributed by atoms with van der Waals surface area (Å²) < 4.78 is 13.8. The number of piperidine rings is 1. The molecule has 3 rings (SSSR count). The van der Waals surface area contributed by atoms with Crippen LogP contribution in [0, 0.1) is 23.1 Å². The van der Waals surface area contributed by atoms with Gasteiger partial charge in [-0.05, 0) is 43.7 Å². The average Bonchev–Trinajstić information content (AvgIpc) is 2.46. The highest BCUT2D eigenvalue weighted by molar-refractivity contribution is 5.60. The SMILES string of the molecule is N#Cc1c(F)cccc1N1CCCC2CCCCC21. The molecule has 1 aliphatic carbocycles. The van der Waals surface area contributed by atoms with Gasteiger partial charge in [-0.1, -0.05) is 18.9 Å². The molecule has 2 aliphatic rings. The van der Waals surface area contributed by atoms with Gasteiger partial charge in [0.25, 0.3) is 0 Å². The van der Waals surface area contributed by atoms with E-state index in [-0.39, 0.29) is 5.56 Å². The Morgan fingerprint density at radius 1 is 1.16 bits per heavy atom. The summed E-state index contributed by atoms with van der Waals surface area (Å²) >= 11 is 0. The summed E-state index contributed by atoms with van der Waals surface area (Å²) in [5, 5.41) is 9.21. The van der Waals surface area contributed by atoms with Crippen molar-refractivity contribution in [2.75, 3.05) is 11.4 Å². The Labute approximate surface area is 113 Å². The van der Waals surface area contributed by atoms with Gasteiger partial charge in [-0.15, -0.1) is 0 Å². The fourth-order valence-corrected chi connectivity index (χ4v) is 3.79. The van der Waals surface area contributed by atoms with Crippen molar-refractivity contribution in [3.63, 3.8) is 0 Å². The number of halogens is 1. The average molecular weight is 258 g/mol. The Bertz CT molecular complexity index is 504. The molecule has 1 heterocycles. The normalized spacial score (nSPS) is 26.6. The van der Waals surface area contributed by atoms with E-state index in [1.807, 2.05) is 12.1 Å². The number of nitriles is 1. The highest BCUT2D eigenvalue weighted by atomic mass is 19.1. The number of hydrogen-bond donors (Lipinski definition) is 0. The number of nitrogens with zero attached hydrogens (tertiary/aromatic N) is 2. The standard InChI is InChI=1S/C16H19FN2/c17-14-7-3-9-16(13(14)11-18)19-10-4-6-12-5-1-2-8-15(12)19/h3,7,9,12,15H,1-2,4-6,8,10H2. The maximum Gasteiger partial charge on any atom is 0.143 e. The van der Waals surface area contributed by atoms with Crippen LogP contribution in [-0.4, -0.2) is 12.6 Å². The molecule has 1 aliphatic heterocycles. The first kappa shape index (κ1) is 12.5. The molecule has 0 radical (unpaired) electrons. The lowest BCUT2D eigenvalue weighted by molar-refractivity contribution is 0.243. The van der Waals surface area contributed by atoms with Gasteiger partial charge < -0.3 is 4.90 Å². The molecule has 19 heavy (non-hydrogen) atoms. The number of benzene rings is 1. The maximum atomic E-state index is 13.8. The summed E-state index contributed by atoms with van der Waals surface area (Å²) in [6.45, 7) is 0.958. The molecule has 0 N–H and O–H groups in total. The van der Waals surface area contributed by atoms with Crippen LogP contribution in [-0.2, 0) is 0 Å². The Kier molecular flexibility index (Phi) is 3.42. The quantitative estimate of drug-likeness (QED) is 0.765. The van der Waals surface area contributed by atoms with Crippen LogP contribution in [0.2, 0.25) is 0 Å². The van der Waals surface area contributed by atoms with Crippen LogP contribution < -0.4 is 4.90 Å². The van der Waals surface area contributed by atoms with Crippen molar-refractivity contribution >= 4 is 5.69 Å². The largest absolute Gasteiger partial charge is 0.367 e. The Balaban J connectivity index is 1.96. The van der Waals surface area contributed by atoms with Crippen molar-refractivity contribution in [1.82, 2.24) is 0 Å². The molecule has 1 saturated heterocycles. The number of hydrogen-bond acceptors (Lipinski definition) is 2. The Morgan fingerprint density at radius 3 is 2.79 bits per heavy atom. The van der Waals surface area contributed by atoms with Gasteiger partial charge in [-0.3, -0.25) is 0 Å². The van der Waals surface area contributed by atoms with E-state index >= 15 is 0 Å². The van der Waals surface area contributed by atoms with Gasteiger partial charge in [0, 0.05) is 12.6 Å². The van der Waals surface area contributed by atoms with Crippen LogP contribution >= 0.6 is 0 Å². The van der Waals surface area contributed by atoms with E-state index in [4.69, 9.17) is 0 Å². The van der Waals surface area contributed by atoms with Crippen LogP contribution in [0.5, 0.6) is 0 Å². The van der Waals surface area contributed by atoms with Crippen LogP contribution in [0.1, 0.15) is 44.1 Å². The number of anilines is 1. The lowest BCUT2D eigenvalue weighted by Crippen LogP contribution is -2.47. The third-order valence-electron chi connectivity index (χ3n) is 4.66. The molecular weight excluding hydrogens is 239 g/mol. The molecule has 1 aromatic carbocycles. The fourth-order valence-electron chi connectivity index (χ4n) is 3.79. The minimum Gasteiger partial charge on any atom is -0.367 e. The second kappa shape index (κ2) is 5.21. The fraction of sp³-hybridized carbons (Fsp3) is 0.562. The van der Waals surface area contributed by atoms with Gasteiger partial charge in [0.2, 0.25) is 0 Å². The zero-order valence-corrected chi connectivity index (χ0v) is 11.1. The monoisotopic (exact) mass is 258 g/mol. The highest BCUT2D eigenvalue weighted by Crippen LogP contribution is 2.38. The van der Waals surface area contributed by atoms with E-state index in [2.05, 4.69) is 4.90 Å². The summed E-state index contributed by atoms with van der Waals surface area (Å²) in [7, 11) is 0. The van der Waals surface area contributed by atoms with Crippen molar-refractivity contribution in [3.8, 4) is 6.07 Å². The van der Waals surface area contributed by atoms with Gasteiger partial charge >= 0.3 is 0 Å². The third-order valence-corrected chi connectivity index (χ3v) is 4.66. The van der Waals surface area contributed by atoms with Crippen LogP contribution in [0.25, 0.3) is 0 Å². The molecule has 0 bridgehead atoms. The molecule has 100 valence electrons. The van der Waals surface area contributed by atoms with E-state index < -0.39 is 5.82 Å². The summed E-state index contributed by atoms with van der Waals surface area (Å²) in [5.74, 6) is 0.343. The van der Waals surface area contributed by atoms with Crippen molar-refractivity contribution in [2.45, 2.75) is 44.6 Å². The van der Waals surface area contributed by atoms with Crippen LogP contribution in [0.4, 0.5) is 10.1 Å². The maximum absolute atomic E-state index is 13.8. The van der Waals surface area contributed by atoms with Crippen LogP contribution in [0.15, 0.2) is 18.2 Å². The smallest absolute Gasteiger partial charge is 0.143 e. The van der Waals surface area contributed by atoms with Crippen molar-refractivity contribution in [1.29, 1.82) is 5.26 Å². The summed E-state index contributed by atoms with van der Waals surface area (Å²) in [6.07, 6.45) is 7.50. The highest BCUT2D eigenvalue weighted by Gasteiger charge is 2.34. The van der Waals surface area contributed by atoms with Gasteiger partial charge in [0.15, 0.2) is 0 Å². The molecule has 3 heteroatoms. The lowest BCUT2D eigenvalue weighted by atomic mass is 9.78. The van der Waals surface area contributed by atoms with Crippen molar-refractivity contribution in [3.05, 3.63) is 29.6 Å². The molecule has 2 nitrogen and oxygen atoms in total. The molecule has 2 atom stereocenters. The Morgan fingerprint density at radius 2 is 1.95 bits per heavy atom. The van der Waals surface area contributed by atoms with E-state index in [0.717, 1.165) is 24.6 Å². The van der Waals surface area contributed by atoms with Crippen LogP contribution in [0.3, 0.4) is 0 Å². The molecular formula is C16H19FN2. The van der Waals surface area contributed by atoms with Gasteiger partial charge in [-0.25, -0.2) is 4.39 Å². The molecule has 0 aromatic heterocycles. The molecule has 1 aromatic rings. The molecule has 1 saturated carbocycles. The predicted molar refractivity (Wildman–Crippen MR) is 73.4 cm³/mol. The molecule has 0 spiro atoms. The van der Waals surface area contributed by atoms with E-state index in [9.17, 15) is 9.65 Å². The van der Waals surface area contributed by atoms with Crippen molar-refractivity contribution in [2.24, 2.45) is 5.92 Å². The topological polar surface area (TPSA) is 27.0 Å². The van der Waals surface area contributed by atoms with E-state index in [0.29, 0.717) is 6.04 Å². The van der Waals surface area contributed by atoms with E-state index in [1.54, 1.807) is 6.07 Å². The molecule has 2 unspecified atom stereocenters. The summed E-state index contributed by atoms with van der Waals surface area (Å²) in [5.41, 5.74) is 1.02. The second-order valence-corrected chi connectivity index (χ2v) is 5.69.